The van der Waals surface area contributed by atoms with Crippen LogP contribution in [0.15, 0.2) is 72.8 Å². The average Bonchev–Trinajstić information content (AvgIpc) is 2.74. The Morgan fingerprint density at radius 3 is 1.54 bits per heavy atom. The number of benzene rings is 3. The zero-order valence-corrected chi connectivity index (χ0v) is 14.6. The Balaban J connectivity index is 1.94. The third-order valence-electron chi connectivity index (χ3n) is 4.20. The van der Waals surface area contributed by atoms with Crippen LogP contribution in [0.4, 0.5) is 0 Å². The third kappa shape index (κ3) is 3.24. The number of rotatable bonds is 3. The van der Waals surface area contributed by atoms with Crippen LogP contribution >= 0.6 is 0 Å². The molecule has 6 heteroatoms. The van der Waals surface area contributed by atoms with Crippen LogP contribution in [0.25, 0.3) is 34.2 Å². The number of hydrogen-bond acceptors (Lipinski definition) is 6. The molecule has 0 bridgehead atoms. The molecule has 28 heavy (non-hydrogen) atoms. The van der Waals surface area contributed by atoms with Gasteiger partial charge in [-0.15, -0.1) is 0 Å². The molecule has 0 spiro atoms. The molecule has 0 saturated heterocycles. The van der Waals surface area contributed by atoms with Gasteiger partial charge in [-0.2, -0.15) is 5.26 Å². The van der Waals surface area contributed by atoms with Crippen molar-refractivity contribution < 1.29 is 10.2 Å². The lowest BCUT2D eigenvalue weighted by Crippen LogP contribution is -2.00. The monoisotopic (exact) mass is 366 g/mol. The zero-order valence-electron chi connectivity index (χ0n) is 14.6. The van der Waals surface area contributed by atoms with Gasteiger partial charge in [0, 0.05) is 5.56 Å². The van der Waals surface area contributed by atoms with E-state index in [4.69, 9.17) is 5.26 Å². The minimum atomic E-state index is 0.0442. The Morgan fingerprint density at radius 2 is 1.07 bits per heavy atom. The van der Waals surface area contributed by atoms with Gasteiger partial charge in [-0.25, -0.2) is 15.0 Å². The topological polar surface area (TPSA) is 103 Å². The molecular weight excluding hydrogens is 352 g/mol. The van der Waals surface area contributed by atoms with E-state index >= 15 is 0 Å². The highest BCUT2D eigenvalue weighted by atomic mass is 16.3. The molecule has 0 aliphatic heterocycles. The van der Waals surface area contributed by atoms with E-state index in [0.29, 0.717) is 28.1 Å². The minimum Gasteiger partial charge on any atom is -0.507 e. The quantitative estimate of drug-likeness (QED) is 0.564. The summed E-state index contributed by atoms with van der Waals surface area (Å²) in [5, 5.41) is 29.4. The predicted molar refractivity (Wildman–Crippen MR) is 104 cm³/mol. The SMILES string of the molecule is N#Cc1ccc(-c2nc(-c3ccccc3O)nc(-c3ccccc3O)n2)cc1. The van der Waals surface area contributed by atoms with Crippen molar-refractivity contribution in [3.05, 3.63) is 78.4 Å². The summed E-state index contributed by atoms with van der Waals surface area (Å²) in [5.74, 6) is 1.03. The molecule has 134 valence electrons. The first kappa shape index (κ1) is 17.2. The lowest BCUT2D eigenvalue weighted by atomic mass is 10.1. The molecule has 2 N–H and O–H groups in total. The molecule has 6 nitrogen and oxygen atoms in total. The summed E-state index contributed by atoms with van der Waals surface area (Å²) < 4.78 is 0. The molecule has 0 fully saturated rings. The number of phenols is 2. The number of aromatic hydroxyl groups is 2. The van der Waals surface area contributed by atoms with E-state index in [1.54, 1.807) is 72.8 Å². The minimum absolute atomic E-state index is 0.0442. The van der Waals surface area contributed by atoms with Gasteiger partial charge in [0.15, 0.2) is 17.5 Å². The van der Waals surface area contributed by atoms with E-state index in [0.717, 1.165) is 0 Å². The van der Waals surface area contributed by atoms with Crippen molar-refractivity contribution in [1.29, 1.82) is 5.26 Å². The molecule has 0 unspecified atom stereocenters. The van der Waals surface area contributed by atoms with Gasteiger partial charge in [0.25, 0.3) is 0 Å². The van der Waals surface area contributed by atoms with Crippen molar-refractivity contribution in [3.63, 3.8) is 0 Å². The van der Waals surface area contributed by atoms with Crippen LogP contribution in [-0.2, 0) is 0 Å². The van der Waals surface area contributed by atoms with Crippen molar-refractivity contribution in [2.45, 2.75) is 0 Å². The van der Waals surface area contributed by atoms with E-state index in [1.165, 1.54) is 0 Å². The summed E-state index contributed by atoms with van der Waals surface area (Å²) in [7, 11) is 0. The molecule has 4 aromatic rings. The number of nitrogens with zero attached hydrogens (tertiary/aromatic N) is 4. The van der Waals surface area contributed by atoms with Gasteiger partial charge in [-0.05, 0) is 48.5 Å². The van der Waals surface area contributed by atoms with Gasteiger partial charge in [-0.1, -0.05) is 24.3 Å². The van der Waals surface area contributed by atoms with Crippen LogP contribution < -0.4 is 0 Å². The van der Waals surface area contributed by atoms with Crippen molar-refractivity contribution in [1.82, 2.24) is 15.0 Å². The van der Waals surface area contributed by atoms with Gasteiger partial charge in [0.2, 0.25) is 0 Å². The Bertz CT molecular complexity index is 1130. The number of nitriles is 1. The Labute approximate surface area is 161 Å². The lowest BCUT2D eigenvalue weighted by Gasteiger charge is -2.10. The average molecular weight is 366 g/mol. The van der Waals surface area contributed by atoms with Crippen molar-refractivity contribution in [2.24, 2.45) is 0 Å². The van der Waals surface area contributed by atoms with Gasteiger partial charge in [0.05, 0.1) is 22.8 Å². The number of para-hydroxylation sites is 2. The van der Waals surface area contributed by atoms with E-state index in [1.807, 2.05) is 0 Å². The molecule has 0 radical (unpaired) electrons. The predicted octanol–water partition coefficient (Wildman–Crippen LogP) is 4.16. The highest BCUT2D eigenvalue weighted by Gasteiger charge is 2.15. The van der Waals surface area contributed by atoms with Gasteiger partial charge in [-0.3, -0.25) is 0 Å². The lowest BCUT2D eigenvalue weighted by molar-refractivity contribution is 0.477. The first-order valence-corrected chi connectivity index (χ1v) is 8.49. The van der Waals surface area contributed by atoms with Crippen LogP contribution in [0.1, 0.15) is 5.56 Å². The highest BCUT2D eigenvalue weighted by molar-refractivity contribution is 5.71. The fourth-order valence-corrected chi connectivity index (χ4v) is 2.77. The maximum atomic E-state index is 10.2. The molecule has 1 heterocycles. The normalized spacial score (nSPS) is 10.4. The van der Waals surface area contributed by atoms with Crippen LogP contribution in [0.5, 0.6) is 11.5 Å². The molecule has 0 aliphatic rings. The van der Waals surface area contributed by atoms with Crippen LogP contribution in [0, 0.1) is 11.3 Å². The maximum absolute atomic E-state index is 10.2. The molecule has 4 rings (SSSR count). The second-order valence-electron chi connectivity index (χ2n) is 6.03. The summed E-state index contributed by atoms with van der Waals surface area (Å²) in [6, 6.07) is 22.4. The summed E-state index contributed by atoms with van der Waals surface area (Å²) in [6.07, 6.45) is 0. The summed E-state index contributed by atoms with van der Waals surface area (Å²) in [5.41, 5.74) is 2.13. The van der Waals surface area contributed by atoms with E-state index in [-0.39, 0.29) is 23.1 Å². The van der Waals surface area contributed by atoms with Gasteiger partial charge in [0.1, 0.15) is 11.5 Å². The smallest absolute Gasteiger partial charge is 0.167 e. The molecule has 0 atom stereocenters. The second kappa shape index (κ2) is 7.17. The molecule has 3 aromatic carbocycles. The second-order valence-corrected chi connectivity index (χ2v) is 6.03. The van der Waals surface area contributed by atoms with Gasteiger partial charge < -0.3 is 10.2 Å². The van der Waals surface area contributed by atoms with E-state index in [9.17, 15) is 10.2 Å². The van der Waals surface area contributed by atoms with Crippen LogP contribution in [-0.4, -0.2) is 25.2 Å². The standard InChI is InChI=1S/C22H14N4O2/c23-13-14-9-11-15(12-10-14)20-24-21(16-5-1-3-7-18(16)27)26-22(25-20)17-6-2-4-8-19(17)28/h1-12,27-28H. The molecule has 0 amide bonds. The van der Waals surface area contributed by atoms with Crippen molar-refractivity contribution in [2.75, 3.05) is 0 Å². The Morgan fingerprint density at radius 1 is 0.607 bits per heavy atom. The Hall–Kier alpha value is -4.24. The van der Waals surface area contributed by atoms with Gasteiger partial charge >= 0.3 is 0 Å². The summed E-state index contributed by atoms with van der Waals surface area (Å²) in [6.45, 7) is 0. The third-order valence-corrected chi connectivity index (χ3v) is 4.20. The highest BCUT2D eigenvalue weighted by Crippen LogP contribution is 2.32. The van der Waals surface area contributed by atoms with E-state index in [2.05, 4.69) is 21.0 Å². The number of hydrogen-bond donors (Lipinski definition) is 2. The molecule has 0 aliphatic carbocycles. The molecule has 1 aromatic heterocycles. The zero-order chi connectivity index (χ0) is 19.5. The molecule has 0 saturated carbocycles. The first-order chi connectivity index (χ1) is 13.7. The van der Waals surface area contributed by atoms with Crippen LogP contribution in [0.3, 0.4) is 0 Å². The molecular formula is C22H14N4O2. The summed E-state index contributed by atoms with van der Waals surface area (Å²) >= 11 is 0. The fourth-order valence-electron chi connectivity index (χ4n) is 2.77. The largest absolute Gasteiger partial charge is 0.507 e. The van der Waals surface area contributed by atoms with Crippen molar-refractivity contribution >= 4 is 0 Å². The fraction of sp³-hybridized carbons (Fsp3) is 0. The number of aromatic nitrogens is 3. The Kier molecular flexibility index (Phi) is 4.40. The van der Waals surface area contributed by atoms with E-state index < -0.39 is 0 Å². The van der Waals surface area contributed by atoms with Crippen molar-refractivity contribution in [3.8, 4) is 51.7 Å². The number of phenolic OH excluding ortho intramolecular Hbond substituents is 2. The maximum Gasteiger partial charge on any atom is 0.167 e. The summed E-state index contributed by atoms with van der Waals surface area (Å²) in [4.78, 5) is 13.5. The first-order valence-electron chi connectivity index (χ1n) is 8.49. The van der Waals surface area contributed by atoms with Crippen LogP contribution in [0.2, 0.25) is 0 Å².